The number of rotatable bonds is 4. The highest BCUT2D eigenvalue weighted by Crippen LogP contribution is 2.19. The smallest absolute Gasteiger partial charge is 0.277 e. The summed E-state index contributed by atoms with van der Waals surface area (Å²) in [5.74, 6) is -0.116. The number of benzene rings is 1. The molecule has 3 heterocycles. The molecule has 2 aromatic heterocycles. The lowest BCUT2D eigenvalue weighted by Crippen LogP contribution is -2.32. The first-order chi connectivity index (χ1) is 13.1. The first kappa shape index (κ1) is 17.4. The maximum Gasteiger partial charge on any atom is 0.277 e. The van der Waals surface area contributed by atoms with Crippen LogP contribution in [0.3, 0.4) is 0 Å². The Kier molecular flexibility index (Phi) is 4.72. The standard InChI is InChI=1S/C19H21FN6O/c1-13-11-18(26(23-13)15-6-4-14(20)5-7-15)22-19(27)17-8-10-25(24-17)16-3-2-9-21-12-16/h4-8,10-11,16,21H,2-3,9,12H2,1H3,(H,22,27). The molecule has 8 heteroatoms. The van der Waals surface area contributed by atoms with Crippen LogP contribution in [0.4, 0.5) is 10.2 Å². The van der Waals surface area contributed by atoms with E-state index in [0.29, 0.717) is 17.2 Å². The number of carbonyl (C=O) groups excluding carboxylic acids is 1. The number of hydrogen-bond acceptors (Lipinski definition) is 4. The molecule has 0 aliphatic carbocycles. The predicted octanol–water partition coefficient (Wildman–Crippen LogP) is 2.69. The topological polar surface area (TPSA) is 76.8 Å². The molecular formula is C19H21FN6O. The molecule has 140 valence electrons. The number of amides is 1. The highest BCUT2D eigenvalue weighted by atomic mass is 19.1. The molecule has 2 N–H and O–H groups in total. The highest BCUT2D eigenvalue weighted by Gasteiger charge is 2.19. The number of anilines is 1. The Morgan fingerprint density at radius 3 is 2.81 bits per heavy atom. The number of aryl methyl sites for hydroxylation is 1. The van der Waals surface area contributed by atoms with Gasteiger partial charge in [0.25, 0.3) is 5.91 Å². The zero-order chi connectivity index (χ0) is 18.8. The summed E-state index contributed by atoms with van der Waals surface area (Å²) in [5, 5.41) is 15.0. The van der Waals surface area contributed by atoms with Crippen molar-refractivity contribution in [2.75, 3.05) is 18.4 Å². The van der Waals surface area contributed by atoms with Crippen molar-refractivity contribution in [1.29, 1.82) is 0 Å². The molecule has 27 heavy (non-hydrogen) atoms. The van der Waals surface area contributed by atoms with Crippen molar-refractivity contribution in [2.24, 2.45) is 0 Å². The molecule has 1 fully saturated rings. The minimum absolute atomic E-state index is 0.271. The van der Waals surface area contributed by atoms with Crippen LogP contribution in [0, 0.1) is 12.7 Å². The van der Waals surface area contributed by atoms with Gasteiger partial charge in [0.2, 0.25) is 0 Å². The molecule has 1 aromatic carbocycles. The minimum atomic E-state index is -0.323. The summed E-state index contributed by atoms with van der Waals surface area (Å²) in [4.78, 5) is 12.7. The van der Waals surface area contributed by atoms with Gasteiger partial charge in [-0.05, 0) is 56.6 Å². The van der Waals surface area contributed by atoms with Crippen LogP contribution in [0.5, 0.6) is 0 Å². The van der Waals surface area contributed by atoms with Crippen LogP contribution in [-0.4, -0.2) is 38.6 Å². The third kappa shape index (κ3) is 3.75. The van der Waals surface area contributed by atoms with Gasteiger partial charge in [-0.1, -0.05) is 0 Å². The summed E-state index contributed by atoms with van der Waals surface area (Å²) in [7, 11) is 0. The van der Waals surface area contributed by atoms with Gasteiger partial charge in [0.05, 0.1) is 17.4 Å². The summed E-state index contributed by atoms with van der Waals surface area (Å²) in [6.45, 7) is 3.72. The lowest BCUT2D eigenvalue weighted by atomic mass is 10.1. The Labute approximate surface area is 156 Å². The molecular weight excluding hydrogens is 347 g/mol. The summed E-state index contributed by atoms with van der Waals surface area (Å²) in [6, 6.07) is 9.70. The number of nitrogens with zero attached hydrogens (tertiary/aromatic N) is 4. The fourth-order valence-corrected chi connectivity index (χ4v) is 3.27. The van der Waals surface area contributed by atoms with Crippen LogP contribution in [0.15, 0.2) is 42.6 Å². The molecule has 1 saturated heterocycles. The molecule has 4 rings (SSSR count). The quantitative estimate of drug-likeness (QED) is 0.742. The van der Waals surface area contributed by atoms with Crippen molar-refractivity contribution in [2.45, 2.75) is 25.8 Å². The Morgan fingerprint density at radius 2 is 2.07 bits per heavy atom. The van der Waals surface area contributed by atoms with Gasteiger partial charge in [-0.3, -0.25) is 9.48 Å². The minimum Gasteiger partial charge on any atom is -0.315 e. The van der Waals surface area contributed by atoms with Gasteiger partial charge >= 0.3 is 0 Å². The van der Waals surface area contributed by atoms with Crippen LogP contribution in [0.1, 0.15) is 35.1 Å². The Hall–Kier alpha value is -3.00. The van der Waals surface area contributed by atoms with Crippen molar-refractivity contribution in [3.8, 4) is 5.69 Å². The van der Waals surface area contributed by atoms with Crippen molar-refractivity contribution < 1.29 is 9.18 Å². The van der Waals surface area contributed by atoms with E-state index in [4.69, 9.17) is 0 Å². The molecule has 7 nitrogen and oxygen atoms in total. The van der Waals surface area contributed by atoms with E-state index in [0.717, 1.165) is 31.6 Å². The fourth-order valence-electron chi connectivity index (χ4n) is 3.27. The van der Waals surface area contributed by atoms with Crippen LogP contribution in [0.2, 0.25) is 0 Å². The zero-order valence-electron chi connectivity index (χ0n) is 15.0. The van der Waals surface area contributed by atoms with Gasteiger partial charge < -0.3 is 10.6 Å². The average Bonchev–Trinajstić information content (AvgIpc) is 3.30. The van der Waals surface area contributed by atoms with Crippen molar-refractivity contribution in [1.82, 2.24) is 24.9 Å². The van der Waals surface area contributed by atoms with E-state index < -0.39 is 0 Å². The predicted molar refractivity (Wildman–Crippen MR) is 99.6 cm³/mol. The molecule has 0 radical (unpaired) electrons. The van der Waals surface area contributed by atoms with E-state index in [9.17, 15) is 9.18 Å². The molecule has 1 aliphatic rings. The largest absolute Gasteiger partial charge is 0.315 e. The number of piperidine rings is 1. The third-order valence-electron chi connectivity index (χ3n) is 4.63. The molecule has 1 aliphatic heterocycles. The van der Waals surface area contributed by atoms with Crippen LogP contribution >= 0.6 is 0 Å². The van der Waals surface area contributed by atoms with Crippen LogP contribution in [0.25, 0.3) is 5.69 Å². The fraction of sp³-hybridized carbons (Fsp3) is 0.316. The number of aromatic nitrogens is 4. The SMILES string of the molecule is Cc1cc(NC(=O)c2ccn(C3CCCNC3)n2)n(-c2ccc(F)cc2)n1. The summed E-state index contributed by atoms with van der Waals surface area (Å²) in [6.07, 6.45) is 3.99. The molecule has 1 atom stereocenters. The normalized spacial score (nSPS) is 17.0. The van der Waals surface area contributed by atoms with Crippen LogP contribution < -0.4 is 10.6 Å². The molecule has 0 saturated carbocycles. The first-order valence-corrected chi connectivity index (χ1v) is 9.00. The first-order valence-electron chi connectivity index (χ1n) is 9.00. The van der Waals surface area contributed by atoms with Gasteiger partial charge in [0.1, 0.15) is 11.6 Å². The third-order valence-corrected chi connectivity index (χ3v) is 4.63. The Bertz CT molecular complexity index is 940. The summed E-state index contributed by atoms with van der Waals surface area (Å²) < 4.78 is 16.6. The number of halogens is 1. The average molecular weight is 368 g/mol. The molecule has 0 bridgehead atoms. The number of carbonyl (C=O) groups is 1. The second-order valence-electron chi connectivity index (χ2n) is 6.69. The van der Waals surface area contributed by atoms with E-state index in [1.54, 1.807) is 28.9 Å². The van der Waals surface area contributed by atoms with Gasteiger partial charge in [-0.2, -0.15) is 10.2 Å². The highest BCUT2D eigenvalue weighted by molar-refractivity contribution is 6.02. The van der Waals surface area contributed by atoms with Crippen LogP contribution in [-0.2, 0) is 0 Å². The monoisotopic (exact) mass is 368 g/mol. The van der Waals surface area contributed by atoms with Crippen molar-refractivity contribution in [3.05, 3.63) is 59.8 Å². The van der Waals surface area contributed by atoms with E-state index in [-0.39, 0.29) is 17.8 Å². The summed E-state index contributed by atoms with van der Waals surface area (Å²) in [5.41, 5.74) is 1.76. The molecule has 1 amide bonds. The maximum absolute atomic E-state index is 13.2. The van der Waals surface area contributed by atoms with Gasteiger partial charge in [-0.25, -0.2) is 9.07 Å². The van der Waals surface area contributed by atoms with Gasteiger partial charge in [0.15, 0.2) is 5.69 Å². The molecule has 1 unspecified atom stereocenters. The molecule has 0 spiro atoms. The summed E-state index contributed by atoms with van der Waals surface area (Å²) >= 11 is 0. The number of hydrogen-bond donors (Lipinski definition) is 2. The maximum atomic E-state index is 13.2. The Morgan fingerprint density at radius 1 is 1.26 bits per heavy atom. The van der Waals surface area contributed by atoms with E-state index in [1.807, 2.05) is 17.8 Å². The van der Waals surface area contributed by atoms with Crippen molar-refractivity contribution >= 4 is 11.7 Å². The second-order valence-corrected chi connectivity index (χ2v) is 6.69. The second kappa shape index (κ2) is 7.32. The Balaban J connectivity index is 1.53. The van der Waals surface area contributed by atoms with E-state index in [1.165, 1.54) is 12.1 Å². The van der Waals surface area contributed by atoms with Gasteiger partial charge in [-0.15, -0.1) is 0 Å². The van der Waals surface area contributed by atoms with E-state index in [2.05, 4.69) is 20.8 Å². The lowest BCUT2D eigenvalue weighted by molar-refractivity contribution is 0.102. The lowest BCUT2D eigenvalue weighted by Gasteiger charge is -2.22. The number of nitrogens with one attached hydrogen (secondary N) is 2. The zero-order valence-corrected chi connectivity index (χ0v) is 15.0. The van der Waals surface area contributed by atoms with Gasteiger partial charge in [0, 0.05) is 18.8 Å². The molecule has 3 aromatic rings. The van der Waals surface area contributed by atoms with Crippen molar-refractivity contribution in [3.63, 3.8) is 0 Å². The van der Waals surface area contributed by atoms with E-state index >= 15 is 0 Å².